The van der Waals surface area contributed by atoms with Gasteiger partial charge in [0, 0.05) is 11.3 Å². The fourth-order valence-electron chi connectivity index (χ4n) is 3.02. The van der Waals surface area contributed by atoms with E-state index in [9.17, 15) is 14.0 Å². The van der Waals surface area contributed by atoms with E-state index in [1.165, 1.54) is 17.7 Å². The lowest BCUT2D eigenvalue weighted by atomic mass is 10.1. The van der Waals surface area contributed by atoms with Crippen LogP contribution >= 0.6 is 0 Å². The molecule has 1 aliphatic rings. The van der Waals surface area contributed by atoms with E-state index in [-0.39, 0.29) is 5.69 Å². The van der Waals surface area contributed by atoms with Gasteiger partial charge in [-0.3, -0.25) is 9.59 Å². The molecule has 1 aliphatic carbocycles. The van der Waals surface area contributed by atoms with E-state index < -0.39 is 23.7 Å². The van der Waals surface area contributed by atoms with Crippen LogP contribution in [0.2, 0.25) is 0 Å². The van der Waals surface area contributed by atoms with E-state index in [0.29, 0.717) is 18.5 Å². The van der Waals surface area contributed by atoms with Crippen LogP contribution in [0, 0.1) is 12.7 Å². The van der Waals surface area contributed by atoms with Crippen LogP contribution in [0.3, 0.4) is 0 Å². The Bertz CT molecular complexity index is 808. The van der Waals surface area contributed by atoms with E-state index in [4.69, 9.17) is 5.11 Å². The van der Waals surface area contributed by atoms with Crippen LogP contribution in [-0.4, -0.2) is 32.8 Å². The molecule has 2 N–H and O–H groups in total. The molecular formula is C17H18FN3O3. The lowest BCUT2D eigenvalue weighted by molar-refractivity contribution is -0.138. The number of fused-ring (bicyclic) bond motifs is 1. The van der Waals surface area contributed by atoms with Crippen molar-refractivity contribution in [3.05, 3.63) is 46.5 Å². The number of carboxylic acids is 1. The van der Waals surface area contributed by atoms with Gasteiger partial charge in [0.25, 0.3) is 5.91 Å². The van der Waals surface area contributed by atoms with Crippen LogP contribution in [0.5, 0.6) is 0 Å². The van der Waals surface area contributed by atoms with Crippen molar-refractivity contribution in [1.29, 1.82) is 0 Å². The van der Waals surface area contributed by atoms with Gasteiger partial charge in [-0.25, -0.2) is 9.07 Å². The van der Waals surface area contributed by atoms with Crippen molar-refractivity contribution in [2.24, 2.45) is 0 Å². The Morgan fingerprint density at radius 2 is 2.12 bits per heavy atom. The molecule has 1 amide bonds. The number of carbonyl (C=O) groups is 2. The summed E-state index contributed by atoms with van der Waals surface area (Å²) in [6.45, 7) is 3.17. The van der Waals surface area contributed by atoms with Gasteiger partial charge in [0.15, 0.2) is 5.69 Å². The average molecular weight is 331 g/mol. The molecule has 1 aromatic heterocycles. The Balaban J connectivity index is 2.06. The Kier molecular flexibility index (Phi) is 4.09. The number of amides is 1. The molecule has 0 saturated heterocycles. The van der Waals surface area contributed by atoms with Gasteiger partial charge in [-0.15, -0.1) is 0 Å². The van der Waals surface area contributed by atoms with Gasteiger partial charge in [-0.1, -0.05) is 12.1 Å². The van der Waals surface area contributed by atoms with Gasteiger partial charge >= 0.3 is 5.97 Å². The molecule has 0 aliphatic heterocycles. The standard InChI is InChI=1S/C17H18FN3O3/c1-9-5-3-7-12(18)15(9)21-13-8-4-6-11(13)14(20-21)16(22)19-10(2)17(23)24/h3,5,7,10H,4,6,8H2,1-2H3,(H,19,22)(H,23,24). The Morgan fingerprint density at radius 3 is 2.79 bits per heavy atom. The van der Waals surface area contributed by atoms with Crippen molar-refractivity contribution < 1.29 is 19.1 Å². The van der Waals surface area contributed by atoms with Gasteiger partial charge in [0.2, 0.25) is 0 Å². The quantitative estimate of drug-likeness (QED) is 0.897. The fraction of sp³-hybridized carbons (Fsp3) is 0.353. The van der Waals surface area contributed by atoms with Gasteiger partial charge in [0.05, 0.1) is 0 Å². The molecule has 7 heteroatoms. The molecule has 1 aromatic carbocycles. The van der Waals surface area contributed by atoms with Crippen LogP contribution in [-0.2, 0) is 17.6 Å². The number of nitrogens with zero attached hydrogens (tertiary/aromatic N) is 2. The van der Waals surface area contributed by atoms with Crippen LogP contribution in [0.25, 0.3) is 5.69 Å². The number of aryl methyl sites for hydroxylation is 1. The zero-order chi connectivity index (χ0) is 17.4. The third-order valence-corrected chi connectivity index (χ3v) is 4.26. The van der Waals surface area contributed by atoms with Gasteiger partial charge < -0.3 is 10.4 Å². The number of aromatic nitrogens is 2. The molecule has 1 unspecified atom stereocenters. The monoisotopic (exact) mass is 331 g/mol. The number of carboxylic acid groups (broad SMARTS) is 1. The van der Waals surface area contributed by atoms with E-state index in [0.717, 1.165) is 23.2 Å². The Morgan fingerprint density at radius 1 is 1.38 bits per heavy atom. The van der Waals surface area contributed by atoms with Gasteiger partial charge in [0.1, 0.15) is 17.5 Å². The van der Waals surface area contributed by atoms with Crippen molar-refractivity contribution in [1.82, 2.24) is 15.1 Å². The molecule has 1 heterocycles. The minimum Gasteiger partial charge on any atom is -0.480 e. The second kappa shape index (κ2) is 6.07. The molecular weight excluding hydrogens is 313 g/mol. The normalized spacial score (nSPS) is 14.3. The van der Waals surface area contributed by atoms with Crippen LogP contribution < -0.4 is 5.32 Å². The molecule has 0 saturated carbocycles. The third-order valence-electron chi connectivity index (χ3n) is 4.26. The van der Waals surface area contributed by atoms with Crippen molar-refractivity contribution in [3.63, 3.8) is 0 Å². The minimum atomic E-state index is -1.12. The first-order valence-corrected chi connectivity index (χ1v) is 7.80. The summed E-state index contributed by atoms with van der Waals surface area (Å²) in [4.78, 5) is 23.3. The summed E-state index contributed by atoms with van der Waals surface area (Å²) in [6.07, 6.45) is 2.24. The highest BCUT2D eigenvalue weighted by Gasteiger charge is 2.29. The molecule has 0 bridgehead atoms. The summed E-state index contributed by atoms with van der Waals surface area (Å²) >= 11 is 0. The van der Waals surface area contributed by atoms with E-state index in [2.05, 4.69) is 10.4 Å². The van der Waals surface area contributed by atoms with Crippen LogP contribution in [0.1, 0.15) is 40.7 Å². The summed E-state index contributed by atoms with van der Waals surface area (Å²) in [5.41, 5.74) is 2.82. The molecule has 126 valence electrons. The van der Waals surface area contributed by atoms with Crippen LogP contribution in [0.15, 0.2) is 18.2 Å². The van der Waals surface area contributed by atoms with Crippen molar-refractivity contribution in [3.8, 4) is 5.69 Å². The molecule has 24 heavy (non-hydrogen) atoms. The molecule has 1 atom stereocenters. The van der Waals surface area contributed by atoms with Crippen LogP contribution in [0.4, 0.5) is 4.39 Å². The number of benzene rings is 1. The first kappa shape index (κ1) is 16.2. The number of hydrogen-bond acceptors (Lipinski definition) is 3. The number of aliphatic carboxylic acids is 1. The largest absolute Gasteiger partial charge is 0.480 e. The second-order valence-corrected chi connectivity index (χ2v) is 5.98. The maximum atomic E-state index is 14.3. The van der Waals surface area contributed by atoms with Gasteiger partial charge in [-0.2, -0.15) is 5.10 Å². The lowest BCUT2D eigenvalue weighted by Gasteiger charge is -2.10. The predicted octanol–water partition coefficient (Wildman–Crippen LogP) is 2.01. The number of halogens is 1. The molecule has 3 rings (SSSR count). The van der Waals surface area contributed by atoms with E-state index in [1.54, 1.807) is 19.1 Å². The molecule has 0 radical (unpaired) electrons. The fourth-order valence-corrected chi connectivity index (χ4v) is 3.02. The van der Waals surface area contributed by atoms with Crippen molar-refractivity contribution in [2.45, 2.75) is 39.2 Å². The SMILES string of the molecule is Cc1cccc(F)c1-n1nc(C(=O)NC(C)C(=O)O)c2c1CCC2. The Labute approximate surface area is 138 Å². The highest BCUT2D eigenvalue weighted by atomic mass is 19.1. The zero-order valence-corrected chi connectivity index (χ0v) is 13.5. The maximum Gasteiger partial charge on any atom is 0.325 e. The summed E-state index contributed by atoms with van der Waals surface area (Å²) in [6, 6.07) is 3.75. The first-order chi connectivity index (χ1) is 11.4. The summed E-state index contributed by atoms with van der Waals surface area (Å²) in [7, 11) is 0. The topological polar surface area (TPSA) is 84.2 Å². The summed E-state index contributed by atoms with van der Waals surface area (Å²) in [5.74, 6) is -2.07. The number of rotatable bonds is 4. The maximum absolute atomic E-state index is 14.3. The zero-order valence-electron chi connectivity index (χ0n) is 13.5. The molecule has 0 fully saturated rings. The molecule has 6 nitrogen and oxygen atoms in total. The van der Waals surface area contributed by atoms with Crippen molar-refractivity contribution >= 4 is 11.9 Å². The highest BCUT2D eigenvalue weighted by molar-refractivity contribution is 5.96. The molecule has 0 spiro atoms. The highest BCUT2D eigenvalue weighted by Crippen LogP contribution is 2.30. The number of nitrogens with one attached hydrogen (secondary N) is 1. The first-order valence-electron chi connectivity index (χ1n) is 7.80. The smallest absolute Gasteiger partial charge is 0.325 e. The average Bonchev–Trinajstić information content (AvgIpc) is 3.10. The summed E-state index contributed by atoms with van der Waals surface area (Å²) in [5, 5.41) is 15.7. The third kappa shape index (κ3) is 2.66. The Hall–Kier alpha value is -2.70. The van der Waals surface area contributed by atoms with Crippen molar-refractivity contribution in [2.75, 3.05) is 0 Å². The minimum absolute atomic E-state index is 0.179. The number of para-hydroxylation sites is 1. The summed E-state index contributed by atoms with van der Waals surface area (Å²) < 4.78 is 15.8. The second-order valence-electron chi connectivity index (χ2n) is 5.98. The number of hydrogen-bond donors (Lipinski definition) is 2. The molecule has 2 aromatic rings. The van der Waals surface area contributed by atoms with E-state index in [1.807, 2.05) is 0 Å². The predicted molar refractivity (Wildman–Crippen MR) is 84.8 cm³/mol. The number of carbonyl (C=O) groups excluding carboxylic acids is 1. The lowest BCUT2D eigenvalue weighted by Crippen LogP contribution is -2.38. The van der Waals surface area contributed by atoms with Gasteiger partial charge in [-0.05, 0) is 44.7 Å². The van der Waals surface area contributed by atoms with E-state index >= 15 is 0 Å².